The van der Waals surface area contributed by atoms with Crippen molar-refractivity contribution < 1.29 is 0 Å². The molecule has 5 nitrogen and oxygen atoms in total. The van der Waals surface area contributed by atoms with E-state index in [1.165, 1.54) is 5.56 Å². The molecule has 0 amide bonds. The van der Waals surface area contributed by atoms with Crippen molar-refractivity contribution >= 4 is 27.4 Å². The first-order chi connectivity index (χ1) is 11.4. The molecule has 0 bridgehead atoms. The van der Waals surface area contributed by atoms with Crippen molar-refractivity contribution in [3.8, 4) is 0 Å². The van der Waals surface area contributed by atoms with Gasteiger partial charge in [-0.1, -0.05) is 13.8 Å². The number of aryl methyl sites for hydroxylation is 2. The number of anilines is 1. The van der Waals surface area contributed by atoms with Gasteiger partial charge in [0.2, 0.25) is 0 Å². The topological polar surface area (TPSA) is 70.7 Å². The molecule has 3 aromatic rings. The molecule has 6 heteroatoms. The SMILES string of the molecule is Cc1c[nH]c(=O)c(CNc2nc(C)nc3scc(CC(C)C)c23)c1. The minimum absolute atomic E-state index is 0.0668. The van der Waals surface area contributed by atoms with Crippen molar-refractivity contribution in [1.82, 2.24) is 15.0 Å². The van der Waals surface area contributed by atoms with Crippen LogP contribution in [-0.4, -0.2) is 15.0 Å². The van der Waals surface area contributed by atoms with E-state index in [4.69, 9.17) is 0 Å². The summed E-state index contributed by atoms with van der Waals surface area (Å²) in [5, 5.41) is 6.60. The van der Waals surface area contributed by atoms with Crippen LogP contribution in [0.1, 0.15) is 36.4 Å². The average molecular weight is 342 g/mol. The van der Waals surface area contributed by atoms with Crippen LogP contribution in [0, 0.1) is 19.8 Å². The molecule has 0 atom stereocenters. The van der Waals surface area contributed by atoms with Crippen LogP contribution in [0.5, 0.6) is 0 Å². The van der Waals surface area contributed by atoms with Gasteiger partial charge in [-0.05, 0) is 48.8 Å². The van der Waals surface area contributed by atoms with E-state index >= 15 is 0 Å². The maximum absolute atomic E-state index is 12.0. The predicted molar refractivity (Wildman–Crippen MR) is 99.8 cm³/mol. The monoisotopic (exact) mass is 342 g/mol. The van der Waals surface area contributed by atoms with E-state index in [9.17, 15) is 4.79 Å². The highest BCUT2D eigenvalue weighted by Crippen LogP contribution is 2.31. The largest absolute Gasteiger partial charge is 0.365 e. The van der Waals surface area contributed by atoms with Gasteiger partial charge in [0.25, 0.3) is 5.56 Å². The maximum atomic E-state index is 12.0. The molecule has 0 aliphatic heterocycles. The summed E-state index contributed by atoms with van der Waals surface area (Å²) >= 11 is 1.65. The van der Waals surface area contributed by atoms with E-state index in [0.717, 1.165) is 33.8 Å². The van der Waals surface area contributed by atoms with Crippen molar-refractivity contribution in [2.75, 3.05) is 5.32 Å². The molecule has 0 aromatic carbocycles. The maximum Gasteiger partial charge on any atom is 0.252 e. The summed E-state index contributed by atoms with van der Waals surface area (Å²) in [5.74, 6) is 2.12. The van der Waals surface area contributed by atoms with Gasteiger partial charge in [0.05, 0.1) is 5.39 Å². The van der Waals surface area contributed by atoms with Gasteiger partial charge in [-0.2, -0.15) is 0 Å². The molecular weight excluding hydrogens is 320 g/mol. The van der Waals surface area contributed by atoms with E-state index in [2.05, 4.69) is 39.5 Å². The first-order valence-electron chi connectivity index (χ1n) is 8.11. The third kappa shape index (κ3) is 3.48. The van der Waals surface area contributed by atoms with Crippen LogP contribution < -0.4 is 10.9 Å². The predicted octanol–water partition coefficient (Wildman–Crippen LogP) is 3.81. The Morgan fingerprint density at radius 2 is 2.04 bits per heavy atom. The van der Waals surface area contributed by atoms with Crippen molar-refractivity contribution in [3.63, 3.8) is 0 Å². The molecule has 0 aliphatic carbocycles. The standard InChI is InChI=1S/C18H22N4OS/c1-10(2)5-14-9-24-18-15(14)16(21-12(4)22-18)19-8-13-6-11(3)7-20-17(13)23/h6-7,9-10H,5,8H2,1-4H3,(H,20,23)(H,19,21,22). The lowest BCUT2D eigenvalue weighted by atomic mass is 10.0. The molecule has 126 valence electrons. The summed E-state index contributed by atoms with van der Waals surface area (Å²) in [7, 11) is 0. The quantitative estimate of drug-likeness (QED) is 0.740. The van der Waals surface area contributed by atoms with Crippen LogP contribution in [0.15, 0.2) is 22.4 Å². The highest BCUT2D eigenvalue weighted by molar-refractivity contribution is 7.17. The molecule has 24 heavy (non-hydrogen) atoms. The van der Waals surface area contributed by atoms with Gasteiger partial charge in [0, 0.05) is 18.3 Å². The third-order valence-corrected chi connectivity index (χ3v) is 4.74. The number of nitrogens with zero attached hydrogens (tertiary/aromatic N) is 2. The van der Waals surface area contributed by atoms with Gasteiger partial charge >= 0.3 is 0 Å². The fourth-order valence-electron chi connectivity index (χ4n) is 2.79. The van der Waals surface area contributed by atoms with Crippen molar-refractivity contribution in [1.29, 1.82) is 0 Å². The van der Waals surface area contributed by atoms with Crippen LogP contribution in [0.25, 0.3) is 10.2 Å². The second-order valence-corrected chi connectivity index (χ2v) is 7.40. The van der Waals surface area contributed by atoms with Gasteiger partial charge in [-0.3, -0.25) is 4.79 Å². The molecule has 0 radical (unpaired) electrons. The van der Waals surface area contributed by atoms with Gasteiger partial charge in [0.15, 0.2) is 0 Å². The normalized spacial score (nSPS) is 11.4. The molecule has 0 saturated carbocycles. The smallest absolute Gasteiger partial charge is 0.252 e. The molecule has 0 spiro atoms. The number of thiophene rings is 1. The first kappa shape index (κ1) is 16.6. The minimum Gasteiger partial charge on any atom is -0.365 e. The number of aromatic nitrogens is 3. The summed E-state index contributed by atoms with van der Waals surface area (Å²) in [6, 6.07) is 1.90. The third-order valence-electron chi connectivity index (χ3n) is 3.82. The number of nitrogens with one attached hydrogen (secondary N) is 2. The lowest BCUT2D eigenvalue weighted by Gasteiger charge is -2.10. The molecule has 0 saturated heterocycles. The highest BCUT2D eigenvalue weighted by Gasteiger charge is 2.14. The fourth-order valence-corrected chi connectivity index (χ4v) is 3.79. The zero-order valence-electron chi connectivity index (χ0n) is 14.4. The highest BCUT2D eigenvalue weighted by atomic mass is 32.1. The van der Waals surface area contributed by atoms with Gasteiger partial charge in [-0.15, -0.1) is 11.3 Å². The van der Waals surface area contributed by atoms with Crippen LogP contribution in [0.4, 0.5) is 5.82 Å². The second-order valence-electron chi connectivity index (χ2n) is 6.54. The van der Waals surface area contributed by atoms with Gasteiger partial charge in [-0.25, -0.2) is 9.97 Å². The summed E-state index contributed by atoms with van der Waals surface area (Å²) in [6.07, 6.45) is 2.71. The average Bonchev–Trinajstić information content (AvgIpc) is 2.90. The van der Waals surface area contributed by atoms with Crippen LogP contribution in [-0.2, 0) is 13.0 Å². The molecular formula is C18H22N4OS. The Balaban J connectivity index is 1.97. The Morgan fingerprint density at radius 1 is 1.25 bits per heavy atom. The second kappa shape index (κ2) is 6.73. The Morgan fingerprint density at radius 3 is 2.79 bits per heavy atom. The van der Waals surface area contributed by atoms with Crippen LogP contribution in [0.3, 0.4) is 0 Å². The minimum atomic E-state index is -0.0668. The number of H-pyrrole nitrogens is 1. The fraction of sp³-hybridized carbons (Fsp3) is 0.389. The van der Waals surface area contributed by atoms with Crippen molar-refractivity contribution in [2.45, 2.75) is 40.7 Å². The number of fused-ring (bicyclic) bond motifs is 1. The number of rotatable bonds is 5. The first-order valence-corrected chi connectivity index (χ1v) is 8.99. The summed E-state index contributed by atoms with van der Waals surface area (Å²) in [6.45, 7) is 8.72. The van der Waals surface area contributed by atoms with E-state index in [1.807, 2.05) is 19.9 Å². The van der Waals surface area contributed by atoms with Crippen molar-refractivity contribution in [3.05, 3.63) is 50.5 Å². The lowest BCUT2D eigenvalue weighted by molar-refractivity contribution is 0.651. The lowest BCUT2D eigenvalue weighted by Crippen LogP contribution is -2.16. The van der Waals surface area contributed by atoms with Crippen molar-refractivity contribution in [2.24, 2.45) is 5.92 Å². The molecule has 3 aromatic heterocycles. The number of pyridine rings is 1. The molecule has 3 heterocycles. The zero-order chi connectivity index (χ0) is 17.3. The van der Waals surface area contributed by atoms with Crippen LogP contribution in [0.2, 0.25) is 0 Å². The van der Waals surface area contributed by atoms with E-state index < -0.39 is 0 Å². The molecule has 3 rings (SSSR count). The van der Waals surface area contributed by atoms with Crippen LogP contribution >= 0.6 is 11.3 Å². The van der Waals surface area contributed by atoms with Gasteiger partial charge in [0.1, 0.15) is 16.5 Å². The Kier molecular flexibility index (Phi) is 4.66. The Hall–Kier alpha value is -2.21. The van der Waals surface area contributed by atoms with E-state index in [0.29, 0.717) is 18.0 Å². The molecule has 2 N–H and O–H groups in total. The number of hydrogen-bond donors (Lipinski definition) is 2. The van der Waals surface area contributed by atoms with E-state index in [-0.39, 0.29) is 5.56 Å². The molecule has 0 unspecified atom stereocenters. The van der Waals surface area contributed by atoms with E-state index in [1.54, 1.807) is 17.5 Å². The summed E-state index contributed by atoms with van der Waals surface area (Å²) in [4.78, 5) is 24.8. The number of aromatic amines is 1. The Bertz CT molecular complexity index is 926. The van der Waals surface area contributed by atoms with Gasteiger partial charge < -0.3 is 10.3 Å². The number of hydrogen-bond acceptors (Lipinski definition) is 5. The Labute approximate surface area is 145 Å². The molecule has 0 fully saturated rings. The molecule has 0 aliphatic rings. The zero-order valence-corrected chi connectivity index (χ0v) is 15.3. The summed E-state index contributed by atoms with van der Waals surface area (Å²) in [5.41, 5.74) is 2.94. The summed E-state index contributed by atoms with van der Waals surface area (Å²) < 4.78 is 0.